The van der Waals surface area contributed by atoms with Crippen molar-refractivity contribution in [2.24, 2.45) is 0 Å². The van der Waals surface area contributed by atoms with E-state index in [-0.39, 0.29) is 18.1 Å². The van der Waals surface area contributed by atoms with Gasteiger partial charge in [0.15, 0.2) is 0 Å². The number of nitrogens with zero attached hydrogens (tertiary/aromatic N) is 1. The molecule has 0 radical (unpaired) electrons. The fourth-order valence-corrected chi connectivity index (χ4v) is 3.68. The van der Waals surface area contributed by atoms with E-state index in [0.717, 1.165) is 16.0 Å². The molecule has 1 aliphatic rings. The molecule has 0 fully saturated rings. The molecule has 0 spiro atoms. The molecule has 3 rings (SSSR count). The number of hydrogen-bond acceptors (Lipinski definition) is 4. The maximum absolute atomic E-state index is 13.7. The minimum atomic E-state index is -1.10. The van der Waals surface area contributed by atoms with E-state index >= 15 is 0 Å². The highest BCUT2D eigenvalue weighted by molar-refractivity contribution is 6.22. The van der Waals surface area contributed by atoms with Crippen LogP contribution in [0.4, 0.5) is 10.5 Å². The lowest BCUT2D eigenvalue weighted by atomic mass is 9.72. The van der Waals surface area contributed by atoms with E-state index in [1.54, 1.807) is 32.9 Å². The number of hydrogen-bond donors (Lipinski definition) is 0. The zero-order chi connectivity index (χ0) is 20.5. The Labute approximate surface area is 165 Å². The molecule has 0 aliphatic carbocycles. The van der Waals surface area contributed by atoms with E-state index in [9.17, 15) is 14.4 Å². The van der Waals surface area contributed by atoms with Crippen molar-refractivity contribution in [1.82, 2.24) is 0 Å². The molecule has 28 heavy (non-hydrogen) atoms. The second-order valence-electron chi connectivity index (χ2n) is 8.11. The van der Waals surface area contributed by atoms with Gasteiger partial charge in [0.05, 0.1) is 5.69 Å². The van der Waals surface area contributed by atoms with Crippen LogP contribution in [0.5, 0.6) is 0 Å². The Balaban J connectivity index is 2.19. The Bertz CT molecular complexity index is 914. The number of anilines is 1. The van der Waals surface area contributed by atoms with Crippen LogP contribution in [-0.4, -0.2) is 23.4 Å². The molecule has 0 bridgehead atoms. The summed E-state index contributed by atoms with van der Waals surface area (Å²) < 4.78 is 5.50. The Morgan fingerprint density at radius 2 is 1.61 bits per heavy atom. The van der Waals surface area contributed by atoms with Crippen molar-refractivity contribution in [2.75, 3.05) is 4.90 Å². The summed E-state index contributed by atoms with van der Waals surface area (Å²) in [6.07, 6.45) is -0.177. The van der Waals surface area contributed by atoms with Gasteiger partial charge in [-0.05, 0) is 51.3 Å². The van der Waals surface area contributed by atoms with Crippen molar-refractivity contribution in [2.45, 2.75) is 51.6 Å². The van der Waals surface area contributed by atoms with Crippen molar-refractivity contribution in [1.29, 1.82) is 0 Å². The lowest BCUT2D eigenvalue weighted by Crippen LogP contribution is -2.46. The third kappa shape index (κ3) is 3.44. The molecule has 0 saturated carbocycles. The third-order valence-corrected chi connectivity index (χ3v) is 4.87. The predicted molar refractivity (Wildman–Crippen MR) is 107 cm³/mol. The maximum Gasteiger partial charge on any atom is 0.421 e. The number of fused-ring (bicyclic) bond motifs is 1. The van der Waals surface area contributed by atoms with Gasteiger partial charge in [0.25, 0.3) is 5.91 Å². The number of rotatable bonds is 4. The first-order valence-electron chi connectivity index (χ1n) is 9.39. The number of imide groups is 1. The van der Waals surface area contributed by atoms with Crippen LogP contribution < -0.4 is 4.90 Å². The number of Topliss-reactive ketones (excluding diaryl/α,β-unsaturated/α-hetero) is 1. The molecule has 146 valence electrons. The number of carbonyl (C=O) groups is 3. The summed E-state index contributed by atoms with van der Waals surface area (Å²) in [4.78, 5) is 39.5. The van der Waals surface area contributed by atoms with Gasteiger partial charge >= 0.3 is 6.09 Å². The number of para-hydroxylation sites is 1. The van der Waals surface area contributed by atoms with Crippen molar-refractivity contribution in [3.05, 3.63) is 65.7 Å². The molecule has 5 nitrogen and oxygen atoms in total. The van der Waals surface area contributed by atoms with Crippen LogP contribution in [0.15, 0.2) is 54.6 Å². The van der Waals surface area contributed by atoms with Crippen molar-refractivity contribution < 1.29 is 19.1 Å². The lowest BCUT2D eigenvalue weighted by molar-refractivity contribution is -0.122. The first kappa shape index (κ1) is 19.8. The van der Waals surface area contributed by atoms with Gasteiger partial charge in [0.2, 0.25) is 0 Å². The largest absolute Gasteiger partial charge is 0.443 e. The quantitative estimate of drug-likeness (QED) is 0.777. The monoisotopic (exact) mass is 379 g/mol. The van der Waals surface area contributed by atoms with Gasteiger partial charge in [-0.3, -0.25) is 4.79 Å². The maximum atomic E-state index is 13.7. The summed E-state index contributed by atoms with van der Waals surface area (Å²) in [5.74, 6) is -0.383. The first-order valence-corrected chi connectivity index (χ1v) is 9.39. The highest BCUT2D eigenvalue weighted by Crippen LogP contribution is 2.49. The van der Waals surface area contributed by atoms with Crippen LogP contribution in [0, 0.1) is 0 Å². The van der Waals surface area contributed by atoms with Gasteiger partial charge in [0, 0.05) is 6.42 Å². The molecule has 0 N–H and O–H groups in total. The smallest absolute Gasteiger partial charge is 0.421 e. The molecule has 1 aliphatic heterocycles. The van der Waals surface area contributed by atoms with Crippen LogP contribution in [0.3, 0.4) is 0 Å². The molecule has 1 heterocycles. The van der Waals surface area contributed by atoms with Crippen molar-refractivity contribution in [3.63, 3.8) is 0 Å². The second kappa shape index (κ2) is 7.23. The summed E-state index contributed by atoms with van der Waals surface area (Å²) in [7, 11) is 0. The van der Waals surface area contributed by atoms with Gasteiger partial charge < -0.3 is 9.53 Å². The molecule has 2 amide bonds. The number of ketones is 1. The normalized spacial score (nSPS) is 18.7. The molecule has 2 aromatic carbocycles. The highest BCUT2D eigenvalue weighted by atomic mass is 16.6. The van der Waals surface area contributed by atoms with Crippen LogP contribution >= 0.6 is 0 Å². The van der Waals surface area contributed by atoms with Gasteiger partial charge in [0.1, 0.15) is 16.8 Å². The number of benzene rings is 2. The van der Waals surface area contributed by atoms with E-state index in [1.165, 1.54) is 6.92 Å². The standard InChI is InChI=1S/C23H25NO4/c1-16(25)14-15-23(17-10-6-5-7-11-17)18-12-8-9-13-19(18)24(20(23)26)21(27)28-22(2,3)4/h5-13H,14-15H2,1-4H3/t23-/m1/s1. The first-order chi connectivity index (χ1) is 13.2. The predicted octanol–water partition coefficient (Wildman–Crippen LogP) is 4.62. The second-order valence-corrected chi connectivity index (χ2v) is 8.11. The zero-order valence-corrected chi connectivity index (χ0v) is 16.7. The number of carbonyl (C=O) groups excluding carboxylic acids is 3. The summed E-state index contributed by atoms with van der Waals surface area (Å²) in [5, 5.41) is 0. The molecule has 0 aromatic heterocycles. The van der Waals surface area contributed by atoms with Crippen LogP contribution in [0.25, 0.3) is 0 Å². The lowest BCUT2D eigenvalue weighted by Gasteiger charge is -2.29. The summed E-state index contributed by atoms with van der Waals surface area (Å²) >= 11 is 0. The zero-order valence-electron chi connectivity index (χ0n) is 16.7. The summed E-state index contributed by atoms with van der Waals surface area (Å²) in [5.41, 5.74) is 0.164. The number of ether oxygens (including phenoxy) is 1. The Morgan fingerprint density at radius 1 is 1.00 bits per heavy atom. The fraction of sp³-hybridized carbons (Fsp3) is 0.348. The van der Waals surface area contributed by atoms with Crippen molar-refractivity contribution in [3.8, 4) is 0 Å². The molecule has 5 heteroatoms. The SMILES string of the molecule is CC(=O)CC[C@]1(c2ccccc2)C(=O)N(C(=O)OC(C)(C)C)c2ccccc21. The minimum Gasteiger partial charge on any atom is -0.443 e. The molecule has 2 aromatic rings. The van der Waals surface area contributed by atoms with E-state index in [2.05, 4.69) is 0 Å². The van der Waals surface area contributed by atoms with E-state index in [4.69, 9.17) is 4.74 Å². The molecular weight excluding hydrogens is 354 g/mol. The Hall–Kier alpha value is -2.95. The van der Waals surface area contributed by atoms with Gasteiger partial charge in [-0.2, -0.15) is 0 Å². The summed E-state index contributed by atoms with van der Waals surface area (Å²) in [6.45, 7) is 6.79. The summed E-state index contributed by atoms with van der Waals surface area (Å²) in [6, 6.07) is 16.6. The van der Waals surface area contributed by atoms with Gasteiger partial charge in [-0.1, -0.05) is 48.5 Å². The Morgan fingerprint density at radius 3 is 2.21 bits per heavy atom. The number of amides is 2. The highest BCUT2D eigenvalue weighted by Gasteiger charge is 2.54. The topological polar surface area (TPSA) is 63.7 Å². The van der Waals surface area contributed by atoms with E-state index < -0.39 is 17.1 Å². The van der Waals surface area contributed by atoms with Gasteiger partial charge in [-0.25, -0.2) is 9.69 Å². The average Bonchev–Trinajstić information content (AvgIpc) is 2.88. The third-order valence-electron chi connectivity index (χ3n) is 4.87. The average molecular weight is 379 g/mol. The molecule has 1 atom stereocenters. The molecular formula is C23H25NO4. The fourth-order valence-electron chi connectivity index (χ4n) is 3.68. The van der Waals surface area contributed by atoms with Crippen LogP contribution in [0.2, 0.25) is 0 Å². The minimum absolute atomic E-state index is 0.00342. The van der Waals surface area contributed by atoms with E-state index in [0.29, 0.717) is 12.1 Å². The molecule has 0 saturated heterocycles. The Kier molecular flexibility index (Phi) is 5.11. The van der Waals surface area contributed by atoms with Crippen molar-refractivity contribution >= 4 is 23.5 Å². The van der Waals surface area contributed by atoms with E-state index in [1.807, 2.05) is 42.5 Å². The van der Waals surface area contributed by atoms with Crippen LogP contribution in [-0.2, 0) is 19.7 Å². The van der Waals surface area contributed by atoms with Gasteiger partial charge in [-0.15, -0.1) is 0 Å². The van der Waals surface area contributed by atoms with Crippen LogP contribution in [0.1, 0.15) is 51.7 Å². The molecule has 0 unspecified atom stereocenters.